The second kappa shape index (κ2) is 7.66. The van der Waals surface area contributed by atoms with Gasteiger partial charge in [0, 0.05) is 6.08 Å². The van der Waals surface area contributed by atoms with Crippen LogP contribution in [0.4, 0.5) is 0 Å². The molecule has 0 aliphatic rings. The minimum atomic E-state index is -0.242. The minimum Gasteiger partial charge on any atom is -0.463 e. The van der Waals surface area contributed by atoms with Gasteiger partial charge in [0.05, 0.1) is 6.61 Å². The number of carbonyl (C=O) groups is 1. The molecule has 2 nitrogen and oxygen atoms in total. The van der Waals surface area contributed by atoms with Crippen LogP contribution in [0, 0.1) is 0 Å². The molecule has 0 fully saturated rings. The van der Waals surface area contributed by atoms with E-state index < -0.39 is 0 Å². The molecule has 0 aliphatic heterocycles. The van der Waals surface area contributed by atoms with Crippen LogP contribution in [0.15, 0.2) is 12.2 Å². The van der Waals surface area contributed by atoms with Gasteiger partial charge in [-0.15, -0.1) is 0 Å². The lowest BCUT2D eigenvalue weighted by atomic mass is 10.5. The Morgan fingerprint density at radius 1 is 1.64 bits per heavy atom. The van der Waals surface area contributed by atoms with Gasteiger partial charge in [0.15, 0.2) is 0 Å². The SMILES string of the molecule is CC=CC(=O)OCCCSC. The topological polar surface area (TPSA) is 26.3 Å². The quantitative estimate of drug-likeness (QED) is 0.361. The third-order valence-electron chi connectivity index (χ3n) is 1.04. The van der Waals surface area contributed by atoms with Crippen LogP contribution in [0.25, 0.3) is 0 Å². The second-order valence-corrected chi connectivity index (χ2v) is 3.00. The third kappa shape index (κ3) is 7.46. The first-order chi connectivity index (χ1) is 5.31. The minimum absolute atomic E-state index is 0.242. The van der Waals surface area contributed by atoms with Crippen LogP contribution in [0.2, 0.25) is 0 Å². The predicted molar refractivity (Wildman–Crippen MR) is 48.8 cm³/mol. The number of rotatable bonds is 5. The highest BCUT2D eigenvalue weighted by atomic mass is 32.2. The lowest BCUT2D eigenvalue weighted by Gasteiger charge is -1.99. The van der Waals surface area contributed by atoms with Crippen molar-refractivity contribution in [1.82, 2.24) is 0 Å². The highest BCUT2D eigenvalue weighted by Gasteiger charge is 1.93. The van der Waals surface area contributed by atoms with Crippen molar-refractivity contribution in [3.63, 3.8) is 0 Å². The van der Waals surface area contributed by atoms with E-state index in [0.29, 0.717) is 6.61 Å². The number of hydrogen-bond donors (Lipinski definition) is 0. The van der Waals surface area contributed by atoms with Gasteiger partial charge in [-0.1, -0.05) is 6.08 Å². The molecule has 0 atom stereocenters. The average Bonchev–Trinajstić information content (AvgIpc) is 1.99. The first-order valence-corrected chi connectivity index (χ1v) is 4.99. The first-order valence-electron chi connectivity index (χ1n) is 3.59. The lowest BCUT2D eigenvalue weighted by Crippen LogP contribution is -2.02. The number of carbonyl (C=O) groups excluding carboxylic acids is 1. The van der Waals surface area contributed by atoms with Gasteiger partial charge in [0.25, 0.3) is 0 Å². The number of ether oxygens (including phenoxy) is 1. The molecule has 3 heteroatoms. The maximum atomic E-state index is 10.7. The Morgan fingerprint density at radius 2 is 2.36 bits per heavy atom. The molecule has 0 radical (unpaired) electrons. The largest absolute Gasteiger partial charge is 0.463 e. The monoisotopic (exact) mass is 174 g/mol. The van der Waals surface area contributed by atoms with E-state index in [1.165, 1.54) is 6.08 Å². The van der Waals surface area contributed by atoms with Crippen molar-refractivity contribution in [3.8, 4) is 0 Å². The van der Waals surface area contributed by atoms with Crippen molar-refractivity contribution in [3.05, 3.63) is 12.2 Å². The van der Waals surface area contributed by atoms with Gasteiger partial charge in [0.2, 0.25) is 0 Å². The summed E-state index contributed by atoms with van der Waals surface area (Å²) in [4.78, 5) is 10.7. The van der Waals surface area contributed by atoms with Crippen LogP contribution < -0.4 is 0 Å². The Labute approximate surface area is 72.0 Å². The van der Waals surface area contributed by atoms with E-state index in [-0.39, 0.29) is 5.97 Å². The van der Waals surface area contributed by atoms with Gasteiger partial charge in [-0.05, 0) is 25.4 Å². The normalized spacial score (nSPS) is 10.4. The van der Waals surface area contributed by atoms with Crippen molar-refractivity contribution < 1.29 is 9.53 Å². The van der Waals surface area contributed by atoms with E-state index in [1.54, 1.807) is 24.8 Å². The van der Waals surface area contributed by atoms with Crippen LogP contribution in [-0.2, 0) is 9.53 Å². The zero-order valence-corrected chi connectivity index (χ0v) is 7.82. The molecular formula is C8H14O2S. The van der Waals surface area contributed by atoms with Crippen molar-refractivity contribution in [2.75, 3.05) is 18.6 Å². The summed E-state index contributed by atoms with van der Waals surface area (Å²) in [5, 5.41) is 0. The van der Waals surface area contributed by atoms with E-state index in [1.807, 2.05) is 6.26 Å². The Balaban J connectivity index is 3.17. The molecular weight excluding hydrogens is 160 g/mol. The summed E-state index contributed by atoms with van der Waals surface area (Å²) in [6.07, 6.45) is 6.08. The smallest absolute Gasteiger partial charge is 0.330 e. The Kier molecular flexibility index (Phi) is 7.36. The molecule has 0 saturated heterocycles. The molecule has 0 bridgehead atoms. The number of hydrogen-bond acceptors (Lipinski definition) is 3. The van der Waals surface area contributed by atoms with Crippen molar-refractivity contribution in [2.45, 2.75) is 13.3 Å². The van der Waals surface area contributed by atoms with Gasteiger partial charge in [-0.25, -0.2) is 4.79 Å². The molecule has 0 N–H and O–H groups in total. The Bertz CT molecular complexity index is 132. The maximum Gasteiger partial charge on any atom is 0.330 e. The summed E-state index contributed by atoms with van der Waals surface area (Å²) in [7, 11) is 0. The van der Waals surface area contributed by atoms with E-state index >= 15 is 0 Å². The standard InChI is InChI=1S/C8H14O2S/c1-3-5-8(9)10-6-4-7-11-2/h3,5H,4,6-7H2,1-2H3. The van der Waals surface area contributed by atoms with Gasteiger partial charge in [-0.2, -0.15) is 11.8 Å². The lowest BCUT2D eigenvalue weighted by molar-refractivity contribution is -0.137. The fourth-order valence-electron chi connectivity index (χ4n) is 0.560. The van der Waals surface area contributed by atoms with Gasteiger partial charge in [-0.3, -0.25) is 0 Å². The fraction of sp³-hybridized carbons (Fsp3) is 0.625. The summed E-state index contributed by atoms with van der Waals surface area (Å²) in [6.45, 7) is 2.33. The number of thioether (sulfide) groups is 1. The highest BCUT2D eigenvalue weighted by Crippen LogP contribution is 1.95. The van der Waals surface area contributed by atoms with E-state index in [4.69, 9.17) is 4.74 Å². The van der Waals surface area contributed by atoms with Gasteiger partial charge < -0.3 is 4.74 Å². The molecule has 0 saturated carbocycles. The molecule has 0 aliphatic carbocycles. The van der Waals surface area contributed by atoms with Crippen LogP contribution in [0.1, 0.15) is 13.3 Å². The van der Waals surface area contributed by atoms with E-state index in [0.717, 1.165) is 12.2 Å². The fourth-order valence-corrected chi connectivity index (χ4v) is 0.967. The third-order valence-corrected chi connectivity index (χ3v) is 1.74. The molecule has 0 aromatic rings. The van der Waals surface area contributed by atoms with Crippen LogP contribution in [0.5, 0.6) is 0 Å². The number of esters is 1. The summed E-state index contributed by atoms with van der Waals surface area (Å²) >= 11 is 1.76. The molecule has 64 valence electrons. The van der Waals surface area contributed by atoms with E-state index in [9.17, 15) is 4.79 Å². The highest BCUT2D eigenvalue weighted by molar-refractivity contribution is 7.98. The van der Waals surface area contributed by atoms with Crippen molar-refractivity contribution in [1.29, 1.82) is 0 Å². The predicted octanol–water partition coefficient (Wildman–Crippen LogP) is 1.86. The Hall–Kier alpha value is -0.440. The van der Waals surface area contributed by atoms with Crippen molar-refractivity contribution >= 4 is 17.7 Å². The summed E-state index contributed by atoms with van der Waals surface area (Å²) in [6, 6.07) is 0. The van der Waals surface area contributed by atoms with Crippen LogP contribution in [0.3, 0.4) is 0 Å². The summed E-state index contributed by atoms with van der Waals surface area (Å²) in [5.74, 6) is 0.803. The molecule has 0 heterocycles. The van der Waals surface area contributed by atoms with Gasteiger partial charge >= 0.3 is 5.97 Å². The second-order valence-electron chi connectivity index (χ2n) is 2.01. The van der Waals surface area contributed by atoms with E-state index in [2.05, 4.69) is 0 Å². The van der Waals surface area contributed by atoms with Gasteiger partial charge in [0.1, 0.15) is 0 Å². The van der Waals surface area contributed by atoms with Crippen molar-refractivity contribution in [2.24, 2.45) is 0 Å². The maximum absolute atomic E-state index is 10.7. The zero-order valence-electron chi connectivity index (χ0n) is 7.00. The molecule has 0 spiro atoms. The van der Waals surface area contributed by atoms with Crippen LogP contribution in [-0.4, -0.2) is 24.6 Å². The molecule has 0 amide bonds. The number of allylic oxidation sites excluding steroid dienone is 1. The van der Waals surface area contributed by atoms with Crippen LogP contribution >= 0.6 is 11.8 Å². The molecule has 11 heavy (non-hydrogen) atoms. The molecule has 0 unspecified atom stereocenters. The first kappa shape index (κ1) is 10.6. The summed E-state index contributed by atoms with van der Waals surface area (Å²) in [5.41, 5.74) is 0. The zero-order chi connectivity index (χ0) is 8.53. The molecule has 0 aromatic carbocycles. The Morgan fingerprint density at radius 3 is 2.91 bits per heavy atom. The summed E-state index contributed by atoms with van der Waals surface area (Å²) < 4.78 is 4.85. The molecule has 0 rings (SSSR count). The average molecular weight is 174 g/mol. The molecule has 0 aromatic heterocycles.